The second-order valence-electron chi connectivity index (χ2n) is 5.45. The molecule has 16 heavy (non-hydrogen) atoms. The average Bonchev–Trinajstić information content (AvgIpc) is 2.61. The first-order valence-corrected chi connectivity index (χ1v) is 6.21. The molecule has 1 aliphatic carbocycles. The van der Waals surface area contributed by atoms with E-state index >= 15 is 0 Å². The van der Waals surface area contributed by atoms with Crippen molar-refractivity contribution < 1.29 is 9.90 Å². The van der Waals surface area contributed by atoms with Crippen LogP contribution in [0.5, 0.6) is 0 Å². The van der Waals surface area contributed by atoms with Crippen LogP contribution in [0.3, 0.4) is 0 Å². The molecular formula is C12H22N2O2. The Balaban J connectivity index is 1.80. The molecule has 1 aliphatic heterocycles. The number of carbonyl (C=O) groups excluding carboxylic acids is 1. The number of aliphatic hydroxyl groups is 1. The van der Waals surface area contributed by atoms with Gasteiger partial charge < -0.3 is 15.3 Å². The monoisotopic (exact) mass is 226 g/mol. The summed E-state index contributed by atoms with van der Waals surface area (Å²) in [5.74, 6) is 1.37. The summed E-state index contributed by atoms with van der Waals surface area (Å²) in [4.78, 5) is 14.0. The van der Waals surface area contributed by atoms with Gasteiger partial charge in [0.05, 0.1) is 12.0 Å². The van der Waals surface area contributed by atoms with Crippen molar-refractivity contribution in [2.75, 3.05) is 26.7 Å². The molecule has 0 aromatic rings. The Hall–Kier alpha value is -0.610. The zero-order chi connectivity index (χ0) is 11.7. The number of hydrogen-bond acceptors (Lipinski definition) is 3. The highest BCUT2D eigenvalue weighted by Crippen LogP contribution is 2.28. The van der Waals surface area contributed by atoms with Gasteiger partial charge in [0.1, 0.15) is 0 Å². The first-order valence-electron chi connectivity index (χ1n) is 6.21. The van der Waals surface area contributed by atoms with Gasteiger partial charge in [-0.25, -0.2) is 0 Å². The highest BCUT2D eigenvalue weighted by Gasteiger charge is 2.34. The molecule has 2 rings (SSSR count). The quantitative estimate of drug-likeness (QED) is 0.716. The fourth-order valence-corrected chi connectivity index (χ4v) is 2.75. The molecule has 2 aliphatic rings. The number of amides is 1. The van der Waals surface area contributed by atoms with E-state index in [1.165, 1.54) is 0 Å². The lowest BCUT2D eigenvalue weighted by molar-refractivity contribution is -0.136. The minimum atomic E-state index is -0.124. The van der Waals surface area contributed by atoms with Crippen molar-refractivity contribution in [2.45, 2.75) is 25.9 Å². The molecular weight excluding hydrogens is 204 g/mol. The lowest BCUT2D eigenvalue weighted by atomic mass is 9.82. The molecule has 1 heterocycles. The molecule has 2 N–H and O–H groups in total. The Bertz CT molecular complexity index is 264. The van der Waals surface area contributed by atoms with Crippen molar-refractivity contribution in [3.8, 4) is 0 Å². The van der Waals surface area contributed by atoms with Crippen molar-refractivity contribution in [3.63, 3.8) is 0 Å². The Labute approximate surface area is 97.0 Å². The predicted molar refractivity (Wildman–Crippen MR) is 61.9 cm³/mol. The summed E-state index contributed by atoms with van der Waals surface area (Å²) in [6.45, 7) is 4.70. The molecule has 1 saturated carbocycles. The molecule has 0 aromatic heterocycles. The van der Waals surface area contributed by atoms with Gasteiger partial charge in [-0.1, -0.05) is 6.92 Å². The van der Waals surface area contributed by atoms with E-state index < -0.39 is 0 Å². The van der Waals surface area contributed by atoms with E-state index in [0.717, 1.165) is 32.5 Å². The fourth-order valence-electron chi connectivity index (χ4n) is 2.75. The smallest absolute Gasteiger partial charge is 0.227 e. The Morgan fingerprint density at radius 2 is 2.12 bits per heavy atom. The molecule has 92 valence electrons. The third kappa shape index (κ3) is 2.38. The third-order valence-corrected chi connectivity index (χ3v) is 3.95. The molecule has 0 radical (unpaired) electrons. The first-order chi connectivity index (χ1) is 7.58. The van der Waals surface area contributed by atoms with Gasteiger partial charge in [0.25, 0.3) is 0 Å². The normalized spacial score (nSPS) is 38.2. The molecule has 4 nitrogen and oxygen atoms in total. The molecule has 0 spiro atoms. The molecule has 4 heteroatoms. The second kappa shape index (κ2) is 4.72. The van der Waals surface area contributed by atoms with Gasteiger partial charge in [-0.2, -0.15) is 0 Å². The number of hydrogen-bond donors (Lipinski definition) is 2. The molecule has 2 unspecified atom stereocenters. The van der Waals surface area contributed by atoms with E-state index in [0.29, 0.717) is 11.8 Å². The minimum Gasteiger partial charge on any atom is -0.393 e. The summed E-state index contributed by atoms with van der Waals surface area (Å²) in [5.41, 5.74) is 0. The first kappa shape index (κ1) is 11.9. The van der Waals surface area contributed by atoms with Crippen LogP contribution in [-0.2, 0) is 4.79 Å². The minimum absolute atomic E-state index is 0.124. The van der Waals surface area contributed by atoms with Crippen LogP contribution in [0.15, 0.2) is 0 Å². The standard InChI is InChI=1S/C12H22N2O2/c1-8-5-13-6-11(8)12(16)14(2)7-9-3-10(15)4-9/h8-11,13,15H,3-7H2,1-2H3. The number of carbonyl (C=O) groups is 1. The van der Waals surface area contributed by atoms with Crippen LogP contribution in [0.25, 0.3) is 0 Å². The number of nitrogens with zero attached hydrogens (tertiary/aromatic N) is 1. The van der Waals surface area contributed by atoms with Gasteiger partial charge in [0.2, 0.25) is 5.91 Å². The summed E-state index contributed by atoms with van der Waals surface area (Å²) >= 11 is 0. The Morgan fingerprint density at radius 3 is 2.62 bits per heavy atom. The highest BCUT2D eigenvalue weighted by atomic mass is 16.3. The van der Waals surface area contributed by atoms with Gasteiger partial charge in [-0.05, 0) is 31.2 Å². The van der Waals surface area contributed by atoms with E-state index in [-0.39, 0.29) is 17.9 Å². The lowest BCUT2D eigenvalue weighted by Crippen LogP contribution is -2.43. The maximum Gasteiger partial charge on any atom is 0.227 e. The van der Waals surface area contributed by atoms with Crippen LogP contribution >= 0.6 is 0 Å². The Morgan fingerprint density at radius 1 is 1.44 bits per heavy atom. The van der Waals surface area contributed by atoms with Crippen LogP contribution in [-0.4, -0.2) is 48.7 Å². The largest absolute Gasteiger partial charge is 0.393 e. The maximum atomic E-state index is 12.1. The molecule has 0 bridgehead atoms. The predicted octanol–water partition coefficient (Wildman–Crippen LogP) is 0.0712. The average molecular weight is 226 g/mol. The number of aliphatic hydroxyl groups excluding tert-OH is 1. The molecule has 1 amide bonds. The van der Waals surface area contributed by atoms with Crippen molar-refractivity contribution in [2.24, 2.45) is 17.8 Å². The van der Waals surface area contributed by atoms with E-state index in [1.54, 1.807) is 0 Å². The maximum absolute atomic E-state index is 12.1. The van der Waals surface area contributed by atoms with E-state index in [4.69, 9.17) is 0 Å². The molecule has 2 fully saturated rings. The second-order valence-corrected chi connectivity index (χ2v) is 5.45. The molecule has 0 aromatic carbocycles. The summed E-state index contributed by atoms with van der Waals surface area (Å²) < 4.78 is 0. The summed E-state index contributed by atoms with van der Waals surface area (Å²) in [7, 11) is 1.89. The van der Waals surface area contributed by atoms with Gasteiger partial charge in [0, 0.05) is 20.1 Å². The van der Waals surface area contributed by atoms with E-state index in [9.17, 15) is 9.90 Å². The molecule has 2 atom stereocenters. The SMILES string of the molecule is CC1CNCC1C(=O)N(C)CC1CC(O)C1. The highest BCUT2D eigenvalue weighted by molar-refractivity contribution is 5.79. The zero-order valence-corrected chi connectivity index (χ0v) is 10.1. The van der Waals surface area contributed by atoms with Crippen LogP contribution < -0.4 is 5.32 Å². The van der Waals surface area contributed by atoms with Crippen LogP contribution in [0.4, 0.5) is 0 Å². The van der Waals surface area contributed by atoms with E-state index in [1.807, 2.05) is 11.9 Å². The van der Waals surface area contributed by atoms with Crippen molar-refractivity contribution >= 4 is 5.91 Å². The van der Waals surface area contributed by atoms with Gasteiger partial charge >= 0.3 is 0 Å². The zero-order valence-electron chi connectivity index (χ0n) is 10.1. The molecule has 1 saturated heterocycles. The van der Waals surface area contributed by atoms with Crippen molar-refractivity contribution in [1.29, 1.82) is 0 Å². The van der Waals surface area contributed by atoms with Crippen LogP contribution in [0.2, 0.25) is 0 Å². The number of rotatable bonds is 3. The summed E-state index contributed by atoms with van der Waals surface area (Å²) in [6.07, 6.45) is 1.59. The lowest BCUT2D eigenvalue weighted by Gasteiger charge is -2.35. The number of nitrogens with one attached hydrogen (secondary N) is 1. The van der Waals surface area contributed by atoms with Gasteiger partial charge in [-0.15, -0.1) is 0 Å². The van der Waals surface area contributed by atoms with Gasteiger partial charge in [-0.3, -0.25) is 4.79 Å². The van der Waals surface area contributed by atoms with Crippen molar-refractivity contribution in [3.05, 3.63) is 0 Å². The van der Waals surface area contributed by atoms with Crippen LogP contribution in [0, 0.1) is 17.8 Å². The summed E-state index contributed by atoms with van der Waals surface area (Å²) in [5, 5.41) is 12.5. The fraction of sp³-hybridized carbons (Fsp3) is 0.917. The summed E-state index contributed by atoms with van der Waals surface area (Å²) in [6, 6.07) is 0. The van der Waals surface area contributed by atoms with Gasteiger partial charge in [0.15, 0.2) is 0 Å². The van der Waals surface area contributed by atoms with Crippen LogP contribution in [0.1, 0.15) is 19.8 Å². The van der Waals surface area contributed by atoms with Crippen molar-refractivity contribution in [1.82, 2.24) is 10.2 Å². The topological polar surface area (TPSA) is 52.6 Å². The third-order valence-electron chi connectivity index (χ3n) is 3.95. The Kier molecular flexibility index (Phi) is 3.50. The van der Waals surface area contributed by atoms with E-state index in [2.05, 4.69) is 12.2 Å².